The van der Waals surface area contributed by atoms with Crippen LogP contribution < -0.4 is 5.32 Å². The molecule has 3 heteroatoms. The maximum atomic E-state index is 3.51. The first-order valence-corrected chi connectivity index (χ1v) is 5.95. The summed E-state index contributed by atoms with van der Waals surface area (Å²) in [6, 6.07) is 0.786. The summed E-state index contributed by atoms with van der Waals surface area (Å²) < 4.78 is 0.669. The molecule has 2 nitrogen and oxygen atoms in total. The summed E-state index contributed by atoms with van der Waals surface area (Å²) >= 11 is 2.53. The lowest BCUT2D eigenvalue weighted by atomic mass is 9.79. The summed E-state index contributed by atoms with van der Waals surface area (Å²) in [6.45, 7) is 7.18. The van der Waals surface area contributed by atoms with E-state index in [1.165, 1.54) is 19.4 Å². The Morgan fingerprint density at radius 2 is 2.25 bits per heavy atom. The van der Waals surface area contributed by atoms with Crippen molar-refractivity contribution in [2.24, 2.45) is 5.41 Å². The van der Waals surface area contributed by atoms with Crippen molar-refractivity contribution in [3.63, 3.8) is 0 Å². The van der Waals surface area contributed by atoms with Gasteiger partial charge in [0.1, 0.15) is 0 Å². The minimum Gasteiger partial charge on any atom is -0.291 e. The average Bonchev–Trinajstić information content (AvgIpc) is 2.31. The maximum Gasteiger partial charge on any atom is 0.0761 e. The molecule has 0 aliphatic carbocycles. The maximum absolute atomic E-state index is 3.51. The molecule has 70 valence electrons. The van der Waals surface area contributed by atoms with Crippen molar-refractivity contribution in [3.8, 4) is 0 Å². The molecule has 0 aromatic carbocycles. The standard InChI is InChI=1S/C9H17IN2/c1-9(2)3-4-12-6-11-8(10)7(12)5-9/h7-8,11H,3-6H2,1-2H3. The molecule has 2 fully saturated rings. The fourth-order valence-corrected chi connectivity index (χ4v) is 3.14. The first-order valence-electron chi connectivity index (χ1n) is 4.70. The van der Waals surface area contributed by atoms with Gasteiger partial charge in [0.05, 0.1) is 4.05 Å². The predicted octanol–water partition coefficient (Wildman–Crippen LogP) is 1.80. The molecule has 2 unspecified atom stereocenters. The second kappa shape index (κ2) is 3.10. The number of hydrogen-bond acceptors (Lipinski definition) is 2. The summed E-state index contributed by atoms with van der Waals surface area (Å²) in [6.07, 6.45) is 2.71. The molecule has 2 aliphatic rings. The van der Waals surface area contributed by atoms with E-state index < -0.39 is 0 Å². The van der Waals surface area contributed by atoms with Crippen LogP contribution in [0.15, 0.2) is 0 Å². The quantitative estimate of drug-likeness (QED) is 0.413. The molecule has 0 saturated carbocycles. The third-order valence-electron chi connectivity index (χ3n) is 3.13. The summed E-state index contributed by atoms with van der Waals surface area (Å²) in [4.78, 5) is 2.59. The summed E-state index contributed by atoms with van der Waals surface area (Å²) in [5.41, 5.74) is 0.566. The van der Waals surface area contributed by atoms with Crippen molar-refractivity contribution in [1.29, 1.82) is 0 Å². The van der Waals surface area contributed by atoms with Gasteiger partial charge in [-0.25, -0.2) is 0 Å². The molecule has 2 heterocycles. The van der Waals surface area contributed by atoms with Crippen molar-refractivity contribution < 1.29 is 0 Å². The van der Waals surface area contributed by atoms with Crippen LogP contribution >= 0.6 is 22.6 Å². The largest absolute Gasteiger partial charge is 0.291 e. The molecule has 2 saturated heterocycles. The molecule has 2 rings (SSSR count). The molecule has 0 aromatic heterocycles. The number of alkyl halides is 1. The normalized spacial score (nSPS) is 41.2. The zero-order valence-corrected chi connectivity index (χ0v) is 9.97. The van der Waals surface area contributed by atoms with Gasteiger partial charge in [-0.05, 0) is 18.3 Å². The van der Waals surface area contributed by atoms with Crippen LogP contribution in [0.2, 0.25) is 0 Å². The SMILES string of the molecule is CC1(C)CCN2CNC(I)C2C1. The highest BCUT2D eigenvalue weighted by Crippen LogP contribution is 2.37. The molecule has 12 heavy (non-hydrogen) atoms. The van der Waals surface area contributed by atoms with Crippen molar-refractivity contribution >= 4 is 22.6 Å². The van der Waals surface area contributed by atoms with Crippen LogP contribution in [0.3, 0.4) is 0 Å². The van der Waals surface area contributed by atoms with E-state index in [1.54, 1.807) is 0 Å². The monoisotopic (exact) mass is 280 g/mol. The third kappa shape index (κ3) is 1.63. The van der Waals surface area contributed by atoms with E-state index in [0.29, 0.717) is 9.46 Å². The highest BCUT2D eigenvalue weighted by molar-refractivity contribution is 14.1. The minimum atomic E-state index is 0.566. The summed E-state index contributed by atoms with van der Waals surface area (Å²) in [5.74, 6) is 0. The lowest BCUT2D eigenvalue weighted by Gasteiger charge is -2.40. The number of rotatable bonds is 0. The Kier molecular flexibility index (Phi) is 2.38. The molecule has 0 amide bonds. The van der Waals surface area contributed by atoms with E-state index in [2.05, 4.69) is 46.7 Å². The Bertz CT molecular complexity index is 181. The predicted molar refractivity (Wildman–Crippen MR) is 59.3 cm³/mol. The van der Waals surface area contributed by atoms with E-state index in [0.717, 1.165) is 12.7 Å². The van der Waals surface area contributed by atoms with Crippen LogP contribution in [-0.4, -0.2) is 28.2 Å². The second-order valence-electron chi connectivity index (χ2n) is 4.76. The lowest BCUT2D eigenvalue weighted by Crippen LogP contribution is -2.43. The van der Waals surface area contributed by atoms with E-state index in [9.17, 15) is 0 Å². The molecule has 2 atom stereocenters. The average molecular weight is 280 g/mol. The van der Waals surface area contributed by atoms with Gasteiger partial charge in [-0.3, -0.25) is 10.2 Å². The van der Waals surface area contributed by atoms with Crippen LogP contribution in [0.4, 0.5) is 0 Å². The Labute approximate surface area is 88.2 Å². The molecular formula is C9H17IN2. The number of nitrogens with one attached hydrogen (secondary N) is 1. The molecular weight excluding hydrogens is 263 g/mol. The molecule has 0 radical (unpaired) electrons. The van der Waals surface area contributed by atoms with Gasteiger partial charge in [-0.15, -0.1) is 0 Å². The van der Waals surface area contributed by atoms with E-state index >= 15 is 0 Å². The molecule has 1 N–H and O–H groups in total. The van der Waals surface area contributed by atoms with Crippen LogP contribution in [0.5, 0.6) is 0 Å². The van der Waals surface area contributed by atoms with Crippen molar-refractivity contribution in [3.05, 3.63) is 0 Å². The number of fused-ring (bicyclic) bond motifs is 1. The minimum absolute atomic E-state index is 0.566. The van der Waals surface area contributed by atoms with Crippen LogP contribution in [-0.2, 0) is 0 Å². The van der Waals surface area contributed by atoms with E-state index in [-0.39, 0.29) is 0 Å². The summed E-state index contributed by atoms with van der Waals surface area (Å²) in [7, 11) is 0. The first-order chi connectivity index (χ1) is 5.58. The van der Waals surface area contributed by atoms with Gasteiger partial charge in [0, 0.05) is 19.3 Å². The van der Waals surface area contributed by atoms with Gasteiger partial charge in [0.25, 0.3) is 0 Å². The van der Waals surface area contributed by atoms with Crippen LogP contribution in [0.1, 0.15) is 26.7 Å². The van der Waals surface area contributed by atoms with Gasteiger partial charge in [0.15, 0.2) is 0 Å². The highest BCUT2D eigenvalue weighted by Gasteiger charge is 2.39. The number of piperidine rings is 1. The molecule has 0 bridgehead atoms. The van der Waals surface area contributed by atoms with Gasteiger partial charge < -0.3 is 0 Å². The molecule has 0 spiro atoms. The lowest BCUT2D eigenvalue weighted by molar-refractivity contribution is 0.105. The second-order valence-corrected chi connectivity index (χ2v) is 6.10. The summed E-state index contributed by atoms with van der Waals surface area (Å²) in [5, 5.41) is 3.51. The van der Waals surface area contributed by atoms with Crippen molar-refractivity contribution in [2.45, 2.75) is 36.8 Å². The van der Waals surface area contributed by atoms with Gasteiger partial charge >= 0.3 is 0 Å². The number of hydrogen-bond donors (Lipinski definition) is 1. The zero-order valence-electron chi connectivity index (χ0n) is 7.81. The molecule has 2 aliphatic heterocycles. The van der Waals surface area contributed by atoms with Gasteiger partial charge in [-0.1, -0.05) is 36.4 Å². The topological polar surface area (TPSA) is 15.3 Å². The van der Waals surface area contributed by atoms with E-state index in [1.807, 2.05) is 0 Å². The number of halogens is 1. The molecule has 0 aromatic rings. The van der Waals surface area contributed by atoms with Crippen LogP contribution in [0.25, 0.3) is 0 Å². The Hall–Kier alpha value is 0.650. The Balaban J connectivity index is 2.07. The van der Waals surface area contributed by atoms with Crippen molar-refractivity contribution in [1.82, 2.24) is 10.2 Å². The van der Waals surface area contributed by atoms with Gasteiger partial charge in [0.2, 0.25) is 0 Å². The first kappa shape index (κ1) is 9.21. The zero-order chi connectivity index (χ0) is 8.77. The highest BCUT2D eigenvalue weighted by atomic mass is 127. The van der Waals surface area contributed by atoms with Crippen LogP contribution in [0, 0.1) is 5.41 Å². The van der Waals surface area contributed by atoms with Crippen molar-refractivity contribution in [2.75, 3.05) is 13.2 Å². The Morgan fingerprint density at radius 1 is 1.50 bits per heavy atom. The fraction of sp³-hybridized carbons (Fsp3) is 1.00. The fourth-order valence-electron chi connectivity index (χ4n) is 2.23. The Morgan fingerprint density at radius 3 is 3.00 bits per heavy atom. The smallest absolute Gasteiger partial charge is 0.0761 e. The third-order valence-corrected chi connectivity index (χ3v) is 4.40. The van der Waals surface area contributed by atoms with Gasteiger partial charge in [-0.2, -0.15) is 0 Å². The number of nitrogens with zero attached hydrogens (tertiary/aromatic N) is 1. The van der Waals surface area contributed by atoms with E-state index in [4.69, 9.17) is 0 Å².